The first kappa shape index (κ1) is 20.6. The molecule has 0 aliphatic rings. The van der Waals surface area contributed by atoms with E-state index in [2.05, 4.69) is 10.5 Å². The lowest BCUT2D eigenvalue weighted by atomic mass is 10.1. The van der Waals surface area contributed by atoms with Crippen molar-refractivity contribution in [3.8, 4) is 5.75 Å². The van der Waals surface area contributed by atoms with E-state index in [-0.39, 0.29) is 28.0 Å². The molecular weight excluding hydrogens is 412 g/mol. The van der Waals surface area contributed by atoms with Crippen molar-refractivity contribution in [1.29, 1.82) is 0 Å². The number of rotatable bonds is 7. The number of nitrogens with zero attached hydrogens (tertiary/aromatic N) is 1. The molecule has 0 radical (unpaired) electrons. The maximum atomic E-state index is 12.5. The Bertz CT molecular complexity index is 1130. The molecule has 1 N–H and O–H groups in total. The van der Waals surface area contributed by atoms with Crippen LogP contribution in [0.4, 0.5) is 0 Å². The fraction of sp³-hybridized carbons (Fsp3) is 0.0476. The number of carbonyl (C=O) groups is 1. The summed E-state index contributed by atoms with van der Waals surface area (Å²) in [6.07, 6.45) is 1.50. The highest BCUT2D eigenvalue weighted by Gasteiger charge is 2.21. The van der Waals surface area contributed by atoms with Gasteiger partial charge < -0.3 is 4.18 Å². The maximum Gasteiger partial charge on any atom is 0.340 e. The highest BCUT2D eigenvalue weighted by molar-refractivity contribution is 7.87. The van der Waals surface area contributed by atoms with E-state index in [1.807, 2.05) is 30.3 Å². The van der Waals surface area contributed by atoms with Crippen molar-refractivity contribution in [1.82, 2.24) is 5.43 Å². The van der Waals surface area contributed by atoms with E-state index >= 15 is 0 Å². The monoisotopic (exact) mass is 428 g/mol. The summed E-state index contributed by atoms with van der Waals surface area (Å²) in [5.41, 5.74) is 3.65. The Hall–Kier alpha value is -3.16. The molecule has 3 aromatic rings. The maximum absolute atomic E-state index is 12.5. The average molecular weight is 429 g/mol. The minimum absolute atomic E-state index is 0.0619. The van der Waals surface area contributed by atoms with Crippen LogP contribution in [0.5, 0.6) is 5.75 Å². The Morgan fingerprint density at radius 3 is 2.38 bits per heavy atom. The van der Waals surface area contributed by atoms with E-state index in [1.54, 1.807) is 30.3 Å². The number of para-hydroxylation sites is 1. The van der Waals surface area contributed by atoms with Crippen LogP contribution in [0.15, 0.2) is 88.9 Å². The van der Waals surface area contributed by atoms with E-state index in [0.29, 0.717) is 5.56 Å². The Kier molecular flexibility index (Phi) is 6.64. The van der Waals surface area contributed by atoms with Gasteiger partial charge in [-0.1, -0.05) is 66.2 Å². The summed E-state index contributed by atoms with van der Waals surface area (Å²) >= 11 is 5.97. The molecule has 148 valence electrons. The SMILES string of the molecule is O=C(Cc1ccccc1)N/N=C/c1ccccc1OS(=O)(=O)c1ccccc1Cl. The standard InChI is InChI=1S/C21H17ClN2O4S/c22-18-11-5-7-13-20(18)29(26,27)28-19-12-6-4-10-17(19)15-23-24-21(25)14-16-8-2-1-3-9-16/h1-13,15H,14H2,(H,24,25)/b23-15+. The molecule has 0 aliphatic carbocycles. The fourth-order valence-corrected chi connectivity index (χ4v) is 3.92. The van der Waals surface area contributed by atoms with E-state index in [1.165, 1.54) is 24.4 Å². The molecular formula is C21H17ClN2O4S. The van der Waals surface area contributed by atoms with E-state index < -0.39 is 10.1 Å². The molecule has 1 amide bonds. The van der Waals surface area contributed by atoms with E-state index in [4.69, 9.17) is 15.8 Å². The summed E-state index contributed by atoms with van der Waals surface area (Å²) in [5.74, 6) is -0.233. The molecule has 0 heterocycles. The predicted octanol–water partition coefficient (Wildman–Crippen LogP) is 3.80. The first-order chi connectivity index (χ1) is 14.0. The van der Waals surface area contributed by atoms with Gasteiger partial charge in [-0.15, -0.1) is 0 Å². The number of carbonyl (C=O) groups excluding carboxylic acids is 1. The summed E-state index contributed by atoms with van der Waals surface area (Å²) in [7, 11) is -4.13. The summed E-state index contributed by atoms with van der Waals surface area (Å²) in [6.45, 7) is 0. The summed E-state index contributed by atoms with van der Waals surface area (Å²) in [6, 6.07) is 21.7. The molecule has 3 rings (SSSR count). The first-order valence-corrected chi connectivity index (χ1v) is 10.4. The van der Waals surface area contributed by atoms with Gasteiger partial charge >= 0.3 is 10.1 Å². The third-order valence-corrected chi connectivity index (χ3v) is 5.56. The van der Waals surface area contributed by atoms with Crippen molar-refractivity contribution in [3.05, 3.63) is 95.0 Å². The number of halogens is 1. The second-order valence-corrected chi connectivity index (χ2v) is 7.88. The van der Waals surface area contributed by atoms with Gasteiger partial charge in [0.15, 0.2) is 5.75 Å². The smallest absolute Gasteiger partial charge is 0.340 e. The largest absolute Gasteiger partial charge is 0.378 e. The van der Waals surface area contributed by atoms with Crippen LogP contribution in [-0.4, -0.2) is 20.5 Å². The van der Waals surface area contributed by atoms with Gasteiger partial charge in [-0.3, -0.25) is 4.79 Å². The van der Waals surface area contributed by atoms with E-state index in [0.717, 1.165) is 5.56 Å². The third-order valence-electron chi connectivity index (χ3n) is 3.82. The predicted molar refractivity (Wildman–Crippen MR) is 112 cm³/mol. The molecule has 0 fully saturated rings. The number of nitrogens with one attached hydrogen (secondary N) is 1. The number of hydrogen-bond donors (Lipinski definition) is 1. The first-order valence-electron chi connectivity index (χ1n) is 8.59. The van der Waals surface area contributed by atoms with Crippen LogP contribution in [0.1, 0.15) is 11.1 Å². The van der Waals surface area contributed by atoms with Gasteiger partial charge in [0.05, 0.1) is 17.7 Å². The fourth-order valence-electron chi connectivity index (χ4n) is 2.47. The molecule has 0 bridgehead atoms. The highest BCUT2D eigenvalue weighted by Crippen LogP contribution is 2.26. The molecule has 0 saturated carbocycles. The van der Waals surface area contributed by atoms with Crippen LogP contribution in [0.2, 0.25) is 5.02 Å². The van der Waals surface area contributed by atoms with Crippen molar-refractivity contribution in [2.24, 2.45) is 5.10 Å². The zero-order valence-corrected chi connectivity index (χ0v) is 16.7. The Labute approximate surface area is 173 Å². The van der Waals surface area contributed by atoms with Gasteiger partial charge in [0.2, 0.25) is 5.91 Å². The molecule has 0 saturated heterocycles. The van der Waals surface area contributed by atoms with Gasteiger partial charge in [-0.25, -0.2) is 5.43 Å². The highest BCUT2D eigenvalue weighted by atomic mass is 35.5. The quantitative estimate of drug-likeness (QED) is 0.352. The van der Waals surface area contributed by atoms with Crippen LogP contribution in [0, 0.1) is 0 Å². The Balaban J connectivity index is 1.71. The Morgan fingerprint density at radius 2 is 1.62 bits per heavy atom. The lowest BCUT2D eigenvalue weighted by Crippen LogP contribution is -2.19. The summed E-state index contributed by atoms with van der Waals surface area (Å²) in [5, 5.41) is 3.96. The van der Waals surface area contributed by atoms with Crippen LogP contribution >= 0.6 is 11.6 Å². The van der Waals surface area contributed by atoms with Crippen molar-refractivity contribution in [2.75, 3.05) is 0 Å². The number of benzene rings is 3. The van der Waals surface area contributed by atoms with Gasteiger partial charge in [0, 0.05) is 5.56 Å². The van der Waals surface area contributed by atoms with Crippen LogP contribution in [-0.2, 0) is 21.3 Å². The third kappa shape index (κ3) is 5.66. The van der Waals surface area contributed by atoms with Crippen molar-refractivity contribution >= 4 is 33.8 Å². The molecule has 0 aromatic heterocycles. The zero-order chi connectivity index (χ0) is 20.7. The van der Waals surface area contributed by atoms with Crippen LogP contribution in [0.25, 0.3) is 0 Å². The number of amides is 1. The van der Waals surface area contributed by atoms with Crippen LogP contribution < -0.4 is 9.61 Å². The molecule has 3 aromatic carbocycles. The molecule has 6 nitrogen and oxygen atoms in total. The van der Waals surface area contributed by atoms with Gasteiger partial charge in [-0.05, 0) is 29.8 Å². The summed E-state index contributed by atoms with van der Waals surface area (Å²) < 4.78 is 30.3. The number of hydrogen-bond acceptors (Lipinski definition) is 5. The lowest BCUT2D eigenvalue weighted by molar-refractivity contribution is -0.120. The minimum Gasteiger partial charge on any atom is -0.378 e. The summed E-state index contributed by atoms with van der Waals surface area (Å²) in [4.78, 5) is 11.8. The minimum atomic E-state index is -4.13. The molecule has 8 heteroatoms. The Morgan fingerprint density at radius 1 is 0.966 bits per heavy atom. The van der Waals surface area contributed by atoms with Crippen molar-refractivity contribution < 1.29 is 17.4 Å². The molecule has 0 spiro atoms. The lowest BCUT2D eigenvalue weighted by Gasteiger charge is -2.10. The van der Waals surface area contributed by atoms with Gasteiger partial charge in [-0.2, -0.15) is 13.5 Å². The van der Waals surface area contributed by atoms with Gasteiger partial charge in [0.25, 0.3) is 0 Å². The topological polar surface area (TPSA) is 84.8 Å². The van der Waals surface area contributed by atoms with Crippen molar-refractivity contribution in [3.63, 3.8) is 0 Å². The normalized spacial score (nSPS) is 11.3. The van der Waals surface area contributed by atoms with Crippen LogP contribution in [0.3, 0.4) is 0 Å². The van der Waals surface area contributed by atoms with Gasteiger partial charge in [0.1, 0.15) is 4.90 Å². The second kappa shape index (κ2) is 9.36. The average Bonchev–Trinajstić information content (AvgIpc) is 2.70. The molecule has 0 aliphatic heterocycles. The van der Waals surface area contributed by atoms with E-state index in [9.17, 15) is 13.2 Å². The zero-order valence-electron chi connectivity index (χ0n) is 15.2. The second-order valence-electron chi connectivity index (χ2n) is 5.96. The molecule has 29 heavy (non-hydrogen) atoms. The molecule has 0 unspecified atom stereocenters. The van der Waals surface area contributed by atoms with Crippen molar-refractivity contribution in [2.45, 2.75) is 11.3 Å². The number of hydrazone groups is 1. The molecule has 0 atom stereocenters.